The van der Waals surface area contributed by atoms with Gasteiger partial charge in [-0.15, -0.1) is 11.6 Å². The van der Waals surface area contributed by atoms with Gasteiger partial charge in [0.2, 0.25) is 5.91 Å². The highest BCUT2D eigenvalue weighted by Gasteiger charge is 2.43. The number of rotatable bonds is 6. The largest absolute Gasteiger partial charge is 0.394 e. The summed E-state index contributed by atoms with van der Waals surface area (Å²) in [5.74, 6) is -0.0938. The van der Waals surface area contributed by atoms with Gasteiger partial charge in [-0.25, -0.2) is 0 Å². The summed E-state index contributed by atoms with van der Waals surface area (Å²) in [6, 6.07) is 18.7. The molecule has 1 unspecified atom stereocenters. The van der Waals surface area contributed by atoms with Crippen LogP contribution in [0.25, 0.3) is 0 Å². The van der Waals surface area contributed by atoms with E-state index < -0.39 is 5.41 Å². The fraction of sp³-hybridized carbons (Fsp3) is 0.381. The molecule has 0 fully saturated rings. The van der Waals surface area contributed by atoms with Crippen LogP contribution in [0.5, 0.6) is 0 Å². The Balaban J connectivity index is 2.54. The van der Waals surface area contributed by atoms with Crippen LogP contribution in [0.3, 0.4) is 0 Å². The van der Waals surface area contributed by atoms with Crippen molar-refractivity contribution >= 4 is 17.5 Å². The van der Waals surface area contributed by atoms with E-state index in [1.165, 1.54) is 0 Å². The van der Waals surface area contributed by atoms with E-state index in [0.29, 0.717) is 0 Å². The second-order valence-corrected chi connectivity index (χ2v) is 7.61. The van der Waals surface area contributed by atoms with Gasteiger partial charge in [0, 0.05) is 5.88 Å². The van der Waals surface area contributed by atoms with Crippen molar-refractivity contribution in [3.63, 3.8) is 0 Å². The number of halogens is 1. The molecule has 0 aliphatic rings. The molecule has 2 rings (SSSR count). The first-order valence-corrected chi connectivity index (χ1v) is 8.98. The van der Waals surface area contributed by atoms with Crippen LogP contribution in [-0.2, 0) is 10.2 Å². The lowest BCUT2D eigenvalue weighted by atomic mass is 9.74. The highest BCUT2D eigenvalue weighted by molar-refractivity contribution is 6.21. The summed E-state index contributed by atoms with van der Waals surface area (Å²) in [7, 11) is 0. The topological polar surface area (TPSA) is 49.3 Å². The number of benzene rings is 2. The van der Waals surface area contributed by atoms with Gasteiger partial charge in [-0.05, 0) is 16.5 Å². The molecule has 0 radical (unpaired) electrons. The number of aliphatic hydroxyl groups excluding tert-OH is 1. The molecule has 0 aromatic heterocycles. The first-order chi connectivity index (χ1) is 11.9. The molecule has 0 spiro atoms. The van der Waals surface area contributed by atoms with E-state index in [9.17, 15) is 9.90 Å². The van der Waals surface area contributed by atoms with Gasteiger partial charge in [-0.3, -0.25) is 4.79 Å². The van der Waals surface area contributed by atoms with Crippen LogP contribution < -0.4 is 5.32 Å². The first kappa shape index (κ1) is 19.5. The lowest BCUT2D eigenvalue weighted by molar-refractivity contribution is -0.126. The summed E-state index contributed by atoms with van der Waals surface area (Å²) in [5.41, 5.74) is 0.386. The zero-order valence-electron chi connectivity index (χ0n) is 15.0. The Labute approximate surface area is 155 Å². The summed E-state index contributed by atoms with van der Waals surface area (Å²) in [4.78, 5) is 13.4. The number of hydrogen-bond acceptors (Lipinski definition) is 2. The highest BCUT2D eigenvalue weighted by atomic mass is 35.5. The van der Waals surface area contributed by atoms with Crippen molar-refractivity contribution in [1.82, 2.24) is 5.32 Å². The average molecular weight is 360 g/mol. The monoisotopic (exact) mass is 359 g/mol. The second kappa shape index (κ2) is 8.03. The van der Waals surface area contributed by atoms with Gasteiger partial charge in [0.25, 0.3) is 0 Å². The molecule has 0 aliphatic heterocycles. The summed E-state index contributed by atoms with van der Waals surface area (Å²) in [6.45, 7) is 5.84. The molecule has 0 bridgehead atoms. The van der Waals surface area contributed by atoms with Crippen LogP contribution in [-0.4, -0.2) is 29.5 Å². The molecule has 134 valence electrons. The fourth-order valence-corrected chi connectivity index (χ4v) is 3.34. The summed E-state index contributed by atoms with van der Waals surface area (Å²) in [5, 5.41) is 12.8. The molecule has 2 aromatic rings. The Morgan fingerprint density at radius 3 is 1.76 bits per heavy atom. The third-order valence-corrected chi connectivity index (χ3v) is 5.06. The predicted octanol–water partition coefficient (Wildman–Crippen LogP) is 3.73. The van der Waals surface area contributed by atoms with E-state index in [2.05, 4.69) is 5.32 Å². The van der Waals surface area contributed by atoms with E-state index in [1.54, 1.807) is 0 Å². The molecule has 3 nitrogen and oxygen atoms in total. The molecule has 0 saturated heterocycles. The maximum Gasteiger partial charge on any atom is 0.236 e. The third kappa shape index (κ3) is 4.05. The molecule has 0 heterocycles. The lowest BCUT2D eigenvalue weighted by Crippen LogP contribution is -2.54. The van der Waals surface area contributed by atoms with Crippen LogP contribution in [0.15, 0.2) is 60.7 Å². The minimum atomic E-state index is -1.01. The number of hydrogen-bond donors (Lipinski definition) is 2. The molecular weight excluding hydrogens is 334 g/mol. The number of aliphatic hydroxyl groups is 1. The minimum absolute atomic E-state index is 0.106. The smallest absolute Gasteiger partial charge is 0.236 e. The number of carbonyl (C=O) groups excluding carboxylic acids is 1. The van der Waals surface area contributed by atoms with E-state index in [-0.39, 0.29) is 29.9 Å². The van der Waals surface area contributed by atoms with Gasteiger partial charge >= 0.3 is 0 Å². The van der Waals surface area contributed by atoms with Crippen molar-refractivity contribution in [2.75, 3.05) is 12.5 Å². The predicted molar refractivity (Wildman–Crippen MR) is 103 cm³/mol. The van der Waals surface area contributed by atoms with Crippen LogP contribution in [0, 0.1) is 5.41 Å². The lowest BCUT2D eigenvalue weighted by Gasteiger charge is -2.36. The maximum atomic E-state index is 13.4. The molecule has 25 heavy (non-hydrogen) atoms. The van der Waals surface area contributed by atoms with E-state index in [0.717, 1.165) is 11.1 Å². The van der Waals surface area contributed by atoms with Crippen LogP contribution in [0.2, 0.25) is 0 Å². The minimum Gasteiger partial charge on any atom is -0.394 e. The molecule has 1 atom stereocenters. The van der Waals surface area contributed by atoms with Gasteiger partial charge in [0.15, 0.2) is 0 Å². The quantitative estimate of drug-likeness (QED) is 0.772. The molecule has 0 aliphatic carbocycles. The zero-order valence-corrected chi connectivity index (χ0v) is 15.8. The van der Waals surface area contributed by atoms with Gasteiger partial charge in [-0.1, -0.05) is 81.4 Å². The maximum absolute atomic E-state index is 13.4. The van der Waals surface area contributed by atoms with E-state index >= 15 is 0 Å². The molecule has 0 saturated carbocycles. The van der Waals surface area contributed by atoms with E-state index in [4.69, 9.17) is 11.6 Å². The van der Waals surface area contributed by atoms with Crippen molar-refractivity contribution in [3.8, 4) is 0 Å². The normalized spacial score (nSPS) is 13.3. The molecular formula is C21H26ClNO2. The van der Waals surface area contributed by atoms with Crippen molar-refractivity contribution in [2.24, 2.45) is 5.41 Å². The Kier molecular flexibility index (Phi) is 6.26. The zero-order chi connectivity index (χ0) is 18.5. The first-order valence-electron chi connectivity index (χ1n) is 8.45. The second-order valence-electron chi connectivity index (χ2n) is 7.35. The fourth-order valence-electron chi connectivity index (χ4n) is 2.91. The SMILES string of the molecule is CC(C)(C)C(CO)NC(=O)C(CCl)(c1ccccc1)c1ccccc1. The number of nitrogens with one attached hydrogen (secondary N) is 1. The van der Waals surface area contributed by atoms with Gasteiger partial charge in [-0.2, -0.15) is 0 Å². The number of carbonyl (C=O) groups is 1. The average Bonchev–Trinajstić information content (AvgIpc) is 2.61. The Bertz CT molecular complexity index is 641. The van der Waals surface area contributed by atoms with Gasteiger partial charge in [0.05, 0.1) is 12.6 Å². The van der Waals surface area contributed by atoms with Crippen molar-refractivity contribution in [1.29, 1.82) is 0 Å². The summed E-state index contributed by atoms with van der Waals surface area (Å²) in [6.07, 6.45) is 0. The standard InChI is InChI=1S/C21H26ClNO2/c1-20(2,3)18(14-24)23-19(25)21(15-22,16-10-6-4-7-11-16)17-12-8-5-9-13-17/h4-13,18,24H,14-15H2,1-3H3,(H,23,25). The molecule has 1 amide bonds. The Morgan fingerprint density at radius 2 is 1.44 bits per heavy atom. The highest BCUT2D eigenvalue weighted by Crippen LogP contribution is 2.35. The van der Waals surface area contributed by atoms with Crippen molar-refractivity contribution in [2.45, 2.75) is 32.2 Å². The van der Waals surface area contributed by atoms with Crippen LogP contribution in [0.4, 0.5) is 0 Å². The number of alkyl halides is 1. The van der Waals surface area contributed by atoms with Crippen LogP contribution >= 0.6 is 11.6 Å². The van der Waals surface area contributed by atoms with Crippen LogP contribution in [0.1, 0.15) is 31.9 Å². The number of amides is 1. The summed E-state index contributed by atoms with van der Waals surface area (Å²) < 4.78 is 0. The van der Waals surface area contributed by atoms with Crippen molar-refractivity contribution in [3.05, 3.63) is 71.8 Å². The van der Waals surface area contributed by atoms with Gasteiger partial charge < -0.3 is 10.4 Å². The molecule has 2 aromatic carbocycles. The third-order valence-electron chi connectivity index (χ3n) is 4.65. The van der Waals surface area contributed by atoms with E-state index in [1.807, 2.05) is 81.4 Å². The summed E-state index contributed by atoms with van der Waals surface area (Å²) >= 11 is 6.41. The van der Waals surface area contributed by atoms with Gasteiger partial charge in [0.1, 0.15) is 5.41 Å². The Hall–Kier alpha value is -1.84. The molecule has 4 heteroatoms. The Morgan fingerprint density at radius 1 is 1.00 bits per heavy atom. The van der Waals surface area contributed by atoms with Crippen molar-refractivity contribution < 1.29 is 9.90 Å². The molecule has 2 N–H and O–H groups in total.